The molecule has 0 heterocycles. The number of non-ortho nitro benzene ring substituents is 1. The number of carboxylic acid groups (broad SMARTS) is 1. The Morgan fingerprint density at radius 3 is 2.55 bits per heavy atom. The van der Waals surface area contributed by atoms with Crippen molar-refractivity contribution in [3.63, 3.8) is 0 Å². The van der Waals surface area contributed by atoms with Crippen LogP contribution < -0.4 is 10.6 Å². The zero-order valence-electron chi connectivity index (χ0n) is 9.87. The number of nitro groups is 1. The van der Waals surface area contributed by atoms with Crippen molar-refractivity contribution in [3.8, 4) is 0 Å². The van der Waals surface area contributed by atoms with Crippen LogP contribution in [0.2, 0.25) is 0 Å². The summed E-state index contributed by atoms with van der Waals surface area (Å²) in [6.45, 7) is -0.841. The van der Waals surface area contributed by atoms with E-state index in [9.17, 15) is 24.1 Å². The van der Waals surface area contributed by atoms with Gasteiger partial charge in [-0.25, -0.2) is 14.0 Å². The van der Waals surface area contributed by atoms with E-state index in [-0.39, 0.29) is 5.69 Å². The monoisotopic (exact) mass is 287 g/mol. The second-order valence-corrected chi connectivity index (χ2v) is 3.63. The molecule has 0 saturated carbocycles. The number of carbonyl (C=O) groups is 2. The van der Waals surface area contributed by atoms with Crippen molar-refractivity contribution >= 4 is 23.4 Å². The SMILES string of the molecule is O=C(Nc1cc(F)cc([N+](=O)[O-])c1)N[C@H](CO)C(=O)O. The molecule has 0 saturated heterocycles. The van der Waals surface area contributed by atoms with Crippen LogP contribution in [0.5, 0.6) is 0 Å². The molecule has 2 amide bonds. The van der Waals surface area contributed by atoms with Crippen molar-refractivity contribution in [1.82, 2.24) is 5.32 Å². The first-order chi connectivity index (χ1) is 9.33. The Balaban J connectivity index is 2.80. The molecule has 0 radical (unpaired) electrons. The largest absolute Gasteiger partial charge is 0.480 e. The number of aliphatic hydroxyl groups is 1. The molecular weight excluding hydrogens is 277 g/mol. The summed E-state index contributed by atoms with van der Waals surface area (Å²) in [5, 5.41) is 31.7. The van der Waals surface area contributed by atoms with Gasteiger partial charge in [0, 0.05) is 6.07 Å². The lowest BCUT2D eigenvalue weighted by atomic mass is 10.2. The fourth-order valence-electron chi connectivity index (χ4n) is 1.26. The molecular formula is C10H10FN3O6. The lowest BCUT2D eigenvalue weighted by Crippen LogP contribution is -2.45. The lowest BCUT2D eigenvalue weighted by Gasteiger charge is -2.12. The van der Waals surface area contributed by atoms with E-state index in [1.807, 2.05) is 10.6 Å². The minimum absolute atomic E-state index is 0.226. The van der Waals surface area contributed by atoms with Crippen LogP contribution in [-0.4, -0.2) is 39.8 Å². The second kappa shape index (κ2) is 6.43. The Bertz CT molecular complexity index is 550. The minimum atomic E-state index is -1.54. The van der Waals surface area contributed by atoms with Gasteiger partial charge in [-0.3, -0.25) is 10.1 Å². The lowest BCUT2D eigenvalue weighted by molar-refractivity contribution is -0.385. The smallest absolute Gasteiger partial charge is 0.328 e. The van der Waals surface area contributed by atoms with Crippen LogP contribution in [0.4, 0.5) is 20.6 Å². The molecule has 0 aliphatic rings. The quantitative estimate of drug-likeness (QED) is 0.453. The number of nitro benzene ring substituents is 1. The second-order valence-electron chi connectivity index (χ2n) is 3.63. The van der Waals surface area contributed by atoms with E-state index in [1.54, 1.807) is 0 Å². The van der Waals surface area contributed by atoms with Crippen LogP contribution >= 0.6 is 0 Å². The maximum Gasteiger partial charge on any atom is 0.328 e. The van der Waals surface area contributed by atoms with E-state index in [4.69, 9.17) is 10.2 Å². The Kier molecular flexibility index (Phi) is 4.92. The number of nitrogens with zero attached hydrogens (tertiary/aromatic N) is 1. The third-order valence-electron chi connectivity index (χ3n) is 2.14. The van der Waals surface area contributed by atoms with Crippen LogP contribution in [0.3, 0.4) is 0 Å². The highest BCUT2D eigenvalue weighted by Gasteiger charge is 2.19. The van der Waals surface area contributed by atoms with Crippen LogP contribution in [0.1, 0.15) is 0 Å². The molecule has 1 aromatic carbocycles. The minimum Gasteiger partial charge on any atom is -0.480 e. The molecule has 0 fully saturated rings. The first kappa shape index (κ1) is 15.3. The molecule has 0 bridgehead atoms. The number of aliphatic carboxylic acids is 1. The molecule has 0 aliphatic heterocycles. The zero-order chi connectivity index (χ0) is 15.3. The number of carboxylic acids is 1. The van der Waals surface area contributed by atoms with Crippen molar-refractivity contribution in [2.45, 2.75) is 6.04 Å². The summed E-state index contributed by atoms with van der Waals surface area (Å²) < 4.78 is 13.1. The molecule has 9 nitrogen and oxygen atoms in total. The van der Waals surface area contributed by atoms with Crippen LogP contribution in [0.25, 0.3) is 0 Å². The van der Waals surface area contributed by atoms with Crippen LogP contribution in [0, 0.1) is 15.9 Å². The number of halogens is 1. The Morgan fingerprint density at radius 2 is 2.05 bits per heavy atom. The van der Waals surface area contributed by atoms with E-state index in [0.29, 0.717) is 6.07 Å². The standard InChI is InChI=1S/C10H10FN3O6/c11-5-1-6(3-7(2-5)14(19)20)12-10(18)13-8(4-15)9(16)17/h1-3,8,15H,4H2,(H,16,17)(H2,12,13,18)/t8-/m1/s1. The maximum absolute atomic E-state index is 13.1. The molecule has 0 aliphatic carbocycles. The molecule has 20 heavy (non-hydrogen) atoms. The predicted molar refractivity (Wildman–Crippen MR) is 63.7 cm³/mol. The summed E-state index contributed by atoms with van der Waals surface area (Å²) in [7, 11) is 0. The number of hydrogen-bond donors (Lipinski definition) is 4. The summed E-state index contributed by atoms with van der Waals surface area (Å²) >= 11 is 0. The Hall–Kier alpha value is -2.75. The molecule has 0 spiro atoms. The average Bonchev–Trinajstić information content (AvgIpc) is 2.34. The Morgan fingerprint density at radius 1 is 1.40 bits per heavy atom. The van der Waals surface area contributed by atoms with Crippen molar-refractivity contribution in [2.24, 2.45) is 0 Å². The predicted octanol–water partition coefficient (Wildman–Crippen LogP) is 0.301. The van der Waals surface area contributed by atoms with E-state index in [0.717, 1.165) is 12.1 Å². The number of anilines is 1. The van der Waals surface area contributed by atoms with Gasteiger partial charge in [0.15, 0.2) is 6.04 Å². The summed E-state index contributed by atoms with van der Waals surface area (Å²) in [5.74, 6) is -2.40. The summed E-state index contributed by atoms with van der Waals surface area (Å²) in [5.41, 5.74) is -0.798. The molecule has 1 rings (SSSR count). The van der Waals surface area contributed by atoms with Crippen LogP contribution in [-0.2, 0) is 4.79 Å². The highest BCUT2D eigenvalue weighted by atomic mass is 19.1. The van der Waals surface area contributed by atoms with Crippen molar-refractivity contribution < 1.29 is 29.1 Å². The number of rotatable bonds is 5. The molecule has 1 atom stereocenters. The number of carbonyl (C=O) groups excluding carboxylic acids is 1. The van der Waals surface area contributed by atoms with Gasteiger partial charge in [-0.2, -0.15) is 0 Å². The van der Waals surface area contributed by atoms with Gasteiger partial charge in [0.1, 0.15) is 5.82 Å². The highest BCUT2D eigenvalue weighted by Crippen LogP contribution is 2.19. The summed E-state index contributed by atoms with van der Waals surface area (Å²) in [4.78, 5) is 31.6. The highest BCUT2D eigenvalue weighted by molar-refractivity contribution is 5.92. The average molecular weight is 287 g/mol. The van der Waals surface area contributed by atoms with Gasteiger partial charge in [-0.05, 0) is 6.07 Å². The Labute approximate surface area is 111 Å². The van der Waals surface area contributed by atoms with Gasteiger partial charge in [0.2, 0.25) is 0 Å². The number of urea groups is 1. The van der Waals surface area contributed by atoms with Crippen molar-refractivity contribution in [2.75, 3.05) is 11.9 Å². The van der Waals surface area contributed by atoms with Crippen molar-refractivity contribution in [1.29, 1.82) is 0 Å². The van der Waals surface area contributed by atoms with Gasteiger partial charge in [-0.1, -0.05) is 0 Å². The van der Waals surface area contributed by atoms with Crippen LogP contribution in [0.15, 0.2) is 18.2 Å². The molecule has 1 aromatic rings. The first-order valence-corrected chi connectivity index (χ1v) is 5.19. The molecule has 4 N–H and O–H groups in total. The molecule has 0 unspecified atom stereocenters. The number of amides is 2. The number of nitrogens with one attached hydrogen (secondary N) is 2. The normalized spacial score (nSPS) is 11.5. The zero-order valence-corrected chi connectivity index (χ0v) is 9.87. The fraction of sp³-hybridized carbons (Fsp3) is 0.200. The van der Waals surface area contributed by atoms with E-state index in [1.165, 1.54) is 0 Å². The third-order valence-corrected chi connectivity index (χ3v) is 2.14. The van der Waals surface area contributed by atoms with E-state index in [2.05, 4.69) is 0 Å². The summed E-state index contributed by atoms with van der Waals surface area (Å²) in [6, 6.07) is -0.208. The number of aliphatic hydroxyl groups excluding tert-OH is 1. The van der Waals surface area contributed by atoms with Gasteiger partial charge in [-0.15, -0.1) is 0 Å². The van der Waals surface area contributed by atoms with Crippen molar-refractivity contribution in [3.05, 3.63) is 34.1 Å². The number of hydrogen-bond acceptors (Lipinski definition) is 5. The number of benzene rings is 1. The van der Waals surface area contributed by atoms with Gasteiger partial charge < -0.3 is 20.8 Å². The summed E-state index contributed by atoms with van der Waals surface area (Å²) in [6.07, 6.45) is 0. The fourth-order valence-corrected chi connectivity index (χ4v) is 1.26. The topological polar surface area (TPSA) is 142 Å². The van der Waals surface area contributed by atoms with E-state index >= 15 is 0 Å². The molecule has 10 heteroatoms. The molecule has 0 aromatic heterocycles. The van der Waals surface area contributed by atoms with Gasteiger partial charge >= 0.3 is 12.0 Å². The van der Waals surface area contributed by atoms with Gasteiger partial charge in [0.25, 0.3) is 5.69 Å². The van der Waals surface area contributed by atoms with E-state index < -0.39 is 41.1 Å². The first-order valence-electron chi connectivity index (χ1n) is 5.19. The maximum atomic E-state index is 13.1. The molecule has 108 valence electrons. The third kappa shape index (κ3) is 4.17. The van der Waals surface area contributed by atoms with Gasteiger partial charge in [0.05, 0.1) is 23.3 Å².